The molecule has 3 amide bonds. The number of amides is 3. The summed E-state index contributed by atoms with van der Waals surface area (Å²) < 4.78 is 58.2. The van der Waals surface area contributed by atoms with Crippen LogP contribution in [0.25, 0.3) is 17.1 Å². The molecule has 4 aromatic rings. The predicted molar refractivity (Wildman–Crippen MR) is 179 cm³/mol. The van der Waals surface area contributed by atoms with Crippen molar-refractivity contribution in [2.75, 3.05) is 50.3 Å². The van der Waals surface area contributed by atoms with Crippen molar-refractivity contribution >= 4 is 47.2 Å². The Hall–Kier alpha value is -5.56. The van der Waals surface area contributed by atoms with E-state index in [2.05, 4.69) is 25.7 Å². The SMILES string of the molecule is Cn1c(-c2cn(-c3ncc(N)cc3F)nc2C(F)(F)F)cnc1C(=O)Nc1ccc(C(=O)N2CCN(C(=O)C3CCNCC3)CC2)c(Cl)c1.O=CO. The highest BCUT2D eigenvalue weighted by Gasteiger charge is 2.39. The molecule has 2 saturated heterocycles. The first kappa shape index (κ1) is 37.7. The molecule has 0 aliphatic carbocycles. The van der Waals surface area contributed by atoms with E-state index in [9.17, 15) is 31.9 Å². The lowest BCUT2D eigenvalue weighted by Crippen LogP contribution is -2.52. The Morgan fingerprint density at radius 1 is 1.06 bits per heavy atom. The molecule has 276 valence electrons. The van der Waals surface area contributed by atoms with Crippen molar-refractivity contribution in [1.82, 2.24) is 39.4 Å². The van der Waals surface area contributed by atoms with Crippen LogP contribution in [0.15, 0.2) is 42.9 Å². The van der Waals surface area contributed by atoms with E-state index in [1.54, 1.807) is 9.80 Å². The van der Waals surface area contributed by atoms with Crippen LogP contribution < -0.4 is 16.4 Å². The second kappa shape index (κ2) is 15.8. The number of carbonyl (C=O) groups excluding carboxylic acids is 3. The number of carboxylic acid groups (broad SMARTS) is 1. The molecular formula is C32H33ClF4N10O5. The number of hydrogen-bond donors (Lipinski definition) is 4. The van der Waals surface area contributed by atoms with Crippen molar-refractivity contribution in [1.29, 1.82) is 0 Å². The highest BCUT2D eigenvalue weighted by Crippen LogP contribution is 2.37. The number of nitrogen functional groups attached to an aromatic ring is 1. The minimum absolute atomic E-state index is 0.00164. The molecule has 20 heteroatoms. The van der Waals surface area contributed by atoms with E-state index in [4.69, 9.17) is 27.2 Å². The number of nitrogens with one attached hydrogen (secondary N) is 2. The zero-order valence-corrected chi connectivity index (χ0v) is 28.3. The van der Waals surface area contributed by atoms with E-state index in [0.717, 1.165) is 55.2 Å². The number of pyridine rings is 1. The molecule has 5 heterocycles. The first-order chi connectivity index (χ1) is 24.7. The van der Waals surface area contributed by atoms with E-state index in [0.29, 0.717) is 30.9 Å². The standard InChI is InChI=1S/C31H31ClF4N10O3.CH2O2/c1-43-24(21-16-46(42-25(21)31(34,35)36)26-23(33)12-18(37)14-39-26)15-40-27(43)28(47)41-19-2-3-20(22(32)13-19)30(49)45-10-8-44(9-11-45)29(48)17-4-6-38-7-5-17;2-1-3/h2-3,12-17,38H,4-11,37H2,1H3,(H,41,47);1H,(H,2,3). The number of anilines is 2. The number of carbonyl (C=O) groups is 4. The highest BCUT2D eigenvalue weighted by atomic mass is 35.5. The van der Waals surface area contributed by atoms with E-state index < -0.39 is 35.0 Å². The molecule has 0 bridgehead atoms. The molecule has 0 unspecified atom stereocenters. The number of hydrogen-bond acceptors (Lipinski definition) is 9. The van der Waals surface area contributed by atoms with Crippen molar-refractivity contribution in [2.24, 2.45) is 13.0 Å². The zero-order valence-electron chi connectivity index (χ0n) is 27.5. The lowest BCUT2D eigenvalue weighted by atomic mass is 9.96. The Bertz CT molecular complexity index is 1970. The summed E-state index contributed by atoms with van der Waals surface area (Å²) in [6, 6.07) is 5.22. The monoisotopic (exact) mass is 748 g/mol. The molecule has 6 rings (SSSR count). The van der Waals surface area contributed by atoms with Crippen LogP contribution in [-0.4, -0.2) is 103 Å². The maximum Gasteiger partial charge on any atom is 0.435 e. The van der Waals surface area contributed by atoms with Crippen LogP contribution in [0, 0.1) is 11.7 Å². The third kappa shape index (κ3) is 8.15. The predicted octanol–water partition coefficient (Wildman–Crippen LogP) is 3.30. The van der Waals surface area contributed by atoms with Gasteiger partial charge in [0.1, 0.15) is 0 Å². The third-order valence-corrected chi connectivity index (χ3v) is 8.85. The van der Waals surface area contributed by atoms with Crippen LogP contribution in [0.2, 0.25) is 5.02 Å². The second-order valence-corrected chi connectivity index (χ2v) is 12.2. The zero-order chi connectivity index (χ0) is 37.7. The number of piperazine rings is 1. The highest BCUT2D eigenvalue weighted by molar-refractivity contribution is 6.34. The van der Waals surface area contributed by atoms with Gasteiger partial charge in [0.05, 0.1) is 39.9 Å². The first-order valence-electron chi connectivity index (χ1n) is 15.8. The number of piperidine rings is 1. The summed E-state index contributed by atoms with van der Waals surface area (Å²) in [4.78, 5) is 58.9. The molecule has 0 saturated carbocycles. The summed E-state index contributed by atoms with van der Waals surface area (Å²) in [6.45, 7) is 2.93. The van der Waals surface area contributed by atoms with E-state index >= 15 is 0 Å². The average Bonchev–Trinajstić information content (AvgIpc) is 3.72. The molecule has 2 aliphatic rings. The number of aromatic nitrogens is 5. The van der Waals surface area contributed by atoms with Crippen molar-refractivity contribution in [2.45, 2.75) is 19.0 Å². The van der Waals surface area contributed by atoms with Crippen LogP contribution in [0.4, 0.5) is 28.9 Å². The summed E-state index contributed by atoms with van der Waals surface area (Å²) in [5.74, 6) is -2.71. The van der Waals surface area contributed by atoms with Gasteiger partial charge in [-0.25, -0.2) is 19.0 Å². The number of nitrogens with two attached hydrogens (primary N) is 1. The Balaban J connectivity index is 0.00000168. The first-order valence-corrected chi connectivity index (χ1v) is 16.2. The van der Waals surface area contributed by atoms with Crippen molar-refractivity contribution in [3.05, 3.63) is 70.8 Å². The molecule has 0 spiro atoms. The van der Waals surface area contributed by atoms with Crippen molar-refractivity contribution in [3.63, 3.8) is 0 Å². The van der Waals surface area contributed by atoms with E-state index in [-0.39, 0.29) is 57.7 Å². The minimum Gasteiger partial charge on any atom is -0.483 e. The topological polar surface area (TPSA) is 194 Å². The van der Waals surface area contributed by atoms with Crippen LogP contribution in [-0.2, 0) is 22.8 Å². The van der Waals surface area contributed by atoms with Gasteiger partial charge >= 0.3 is 6.18 Å². The summed E-state index contributed by atoms with van der Waals surface area (Å²) >= 11 is 6.46. The van der Waals surface area contributed by atoms with Gasteiger partial charge in [-0.1, -0.05) is 11.6 Å². The van der Waals surface area contributed by atoms with Crippen LogP contribution >= 0.6 is 11.6 Å². The fraction of sp³-hybridized carbons (Fsp3) is 0.344. The van der Waals surface area contributed by atoms with Crippen LogP contribution in [0.3, 0.4) is 0 Å². The lowest BCUT2D eigenvalue weighted by Gasteiger charge is -2.37. The van der Waals surface area contributed by atoms with Gasteiger partial charge in [-0.05, 0) is 44.1 Å². The molecule has 0 atom stereocenters. The summed E-state index contributed by atoms with van der Waals surface area (Å²) in [5.41, 5.74) is 3.95. The fourth-order valence-electron chi connectivity index (χ4n) is 5.94. The largest absolute Gasteiger partial charge is 0.483 e. The summed E-state index contributed by atoms with van der Waals surface area (Å²) in [7, 11) is 1.34. The molecule has 0 radical (unpaired) electrons. The van der Waals surface area contributed by atoms with E-state index in [1.165, 1.54) is 25.2 Å². The van der Waals surface area contributed by atoms with Crippen LogP contribution in [0.5, 0.6) is 0 Å². The number of benzene rings is 1. The molecule has 1 aromatic carbocycles. The fourth-order valence-corrected chi connectivity index (χ4v) is 6.21. The van der Waals surface area contributed by atoms with Gasteiger partial charge in [0.25, 0.3) is 18.3 Å². The molecule has 5 N–H and O–H groups in total. The number of imidazole rings is 1. The van der Waals surface area contributed by atoms with Gasteiger partial charge in [0.15, 0.2) is 23.2 Å². The van der Waals surface area contributed by atoms with Crippen molar-refractivity contribution < 1.29 is 41.8 Å². The molecule has 2 fully saturated rings. The molecular weight excluding hydrogens is 716 g/mol. The van der Waals surface area contributed by atoms with Crippen molar-refractivity contribution in [3.8, 4) is 17.1 Å². The van der Waals surface area contributed by atoms with Gasteiger partial charge in [0, 0.05) is 57.1 Å². The average molecular weight is 749 g/mol. The van der Waals surface area contributed by atoms with Gasteiger partial charge in [-0.2, -0.15) is 18.3 Å². The van der Waals surface area contributed by atoms with Gasteiger partial charge in [-0.3, -0.25) is 19.2 Å². The number of halogens is 5. The Labute approximate surface area is 298 Å². The van der Waals surface area contributed by atoms with E-state index in [1.807, 2.05) is 0 Å². The Kier molecular flexibility index (Phi) is 11.4. The van der Waals surface area contributed by atoms with Gasteiger partial charge in [0.2, 0.25) is 5.91 Å². The molecule has 15 nitrogen and oxygen atoms in total. The van der Waals surface area contributed by atoms with Gasteiger partial charge < -0.3 is 35.8 Å². The normalized spacial score (nSPS) is 15.1. The minimum atomic E-state index is -4.94. The second-order valence-electron chi connectivity index (χ2n) is 11.8. The Morgan fingerprint density at radius 2 is 1.71 bits per heavy atom. The van der Waals surface area contributed by atoms with Crippen LogP contribution in [0.1, 0.15) is 39.5 Å². The maximum atomic E-state index is 14.5. The Morgan fingerprint density at radius 3 is 2.33 bits per heavy atom. The summed E-state index contributed by atoms with van der Waals surface area (Å²) in [6.07, 6.45) is -0.264. The van der Waals surface area contributed by atoms with Gasteiger partial charge in [-0.15, -0.1) is 0 Å². The molecule has 52 heavy (non-hydrogen) atoms. The maximum absolute atomic E-state index is 14.5. The quantitative estimate of drug-likeness (QED) is 0.168. The number of alkyl halides is 3. The third-order valence-electron chi connectivity index (χ3n) is 8.53. The lowest BCUT2D eigenvalue weighted by molar-refractivity contribution is -0.141. The molecule has 3 aromatic heterocycles. The smallest absolute Gasteiger partial charge is 0.435 e. The number of rotatable bonds is 6. The molecule has 2 aliphatic heterocycles. The summed E-state index contributed by atoms with van der Waals surface area (Å²) in [5, 5.41) is 16.3. The number of nitrogens with zero attached hydrogens (tertiary/aromatic N) is 7.